The van der Waals surface area contributed by atoms with Crippen molar-refractivity contribution in [2.75, 3.05) is 0 Å². The summed E-state index contributed by atoms with van der Waals surface area (Å²) in [5.74, 6) is 0. The topological polar surface area (TPSA) is 55.7 Å². The van der Waals surface area contributed by atoms with Gasteiger partial charge in [-0.05, 0) is 18.2 Å². The van der Waals surface area contributed by atoms with Crippen LogP contribution in [-0.4, -0.2) is 25.5 Å². The number of alkyl halides is 3. The standard InChI is InChI=1S/C12H8F3NO3S/c13-12(14,15)8-3-1-7(2-4-8)10-11-9(19-16-10)5-6-20(11,17)18/h1-6,9,11H/t9-,11-/m0/s1. The fourth-order valence-electron chi connectivity index (χ4n) is 2.18. The molecular formula is C12H8F3NO3S. The predicted molar refractivity (Wildman–Crippen MR) is 64.7 cm³/mol. The lowest BCUT2D eigenvalue weighted by molar-refractivity contribution is -0.137. The molecule has 0 bridgehead atoms. The van der Waals surface area contributed by atoms with E-state index in [9.17, 15) is 21.6 Å². The van der Waals surface area contributed by atoms with Gasteiger partial charge >= 0.3 is 6.18 Å². The van der Waals surface area contributed by atoms with Crippen molar-refractivity contribution in [1.29, 1.82) is 0 Å². The van der Waals surface area contributed by atoms with Gasteiger partial charge < -0.3 is 4.84 Å². The van der Waals surface area contributed by atoms with Gasteiger partial charge in [0.2, 0.25) is 0 Å². The fraction of sp³-hybridized carbons (Fsp3) is 0.250. The van der Waals surface area contributed by atoms with Gasteiger partial charge in [0.1, 0.15) is 5.71 Å². The summed E-state index contributed by atoms with van der Waals surface area (Å²) >= 11 is 0. The molecule has 0 aliphatic carbocycles. The Morgan fingerprint density at radius 3 is 2.40 bits per heavy atom. The van der Waals surface area contributed by atoms with Crippen molar-refractivity contribution in [1.82, 2.24) is 0 Å². The molecule has 20 heavy (non-hydrogen) atoms. The Labute approximate surface area is 112 Å². The van der Waals surface area contributed by atoms with Crippen LogP contribution in [0.4, 0.5) is 13.2 Å². The van der Waals surface area contributed by atoms with Gasteiger partial charge in [0.15, 0.2) is 21.2 Å². The van der Waals surface area contributed by atoms with E-state index >= 15 is 0 Å². The van der Waals surface area contributed by atoms with Crippen molar-refractivity contribution in [2.24, 2.45) is 5.16 Å². The van der Waals surface area contributed by atoms with Crippen molar-refractivity contribution < 1.29 is 26.4 Å². The van der Waals surface area contributed by atoms with E-state index in [2.05, 4.69) is 5.16 Å². The van der Waals surface area contributed by atoms with E-state index < -0.39 is 32.9 Å². The number of benzene rings is 1. The zero-order valence-corrected chi connectivity index (χ0v) is 10.6. The molecule has 2 aliphatic rings. The summed E-state index contributed by atoms with van der Waals surface area (Å²) in [6.07, 6.45) is -3.76. The van der Waals surface area contributed by atoms with Crippen LogP contribution in [0.1, 0.15) is 11.1 Å². The van der Waals surface area contributed by atoms with E-state index in [1.165, 1.54) is 18.2 Å². The minimum atomic E-state index is -4.43. The van der Waals surface area contributed by atoms with Crippen LogP contribution in [-0.2, 0) is 20.9 Å². The number of oxime groups is 1. The second kappa shape index (κ2) is 4.08. The van der Waals surface area contributed by atoms with Crippen LogP contribution in [0.2, 0.25) is 0 Å². The molecule has 2 heterocycles. The highest BCUT2D eigenvalue weighted by molar-refractivity contribution is 7.96. The minimum absolute atomic E-state index is 0.133. The Bertz CT molecular complexity index is 704. The van der Waals surface area contributed by atoms with Gasteiger partial charge in [-0.1, -0.05) is 17.3 Å². The number of hydrogen-bond donors (Lipinski definition) is 0. The molecule has 0 saturated carbocycles. The van der Waals surface area contributed by atoms with Gasteiger partial charge in [-0.2, -0.15) is 13.2 Å². The molecule has 0 fully saturated rings. The summed E-state index contributed by atoms with van der Waals surface area (Å²) in [7, 11) is -3.52. The number of nitrogens with zero attached hydrogens (tertiary/aromatic N) is 1. The average molecular weight is 303 g/mol. The Kier molecular flexibility index (Phi) is 2.69. The van der Waals surface area contributed by atoms with Gasteiger partial charge in [-0.15, -0.1) is 0 Å². The predicted octanol–water partition coefficient (Wildman–Crippen LogP) is 2.12. The average Bonchev–Trinajstić information content (AvgIpc) is 2.91. The Morgan fingerprint density at radius 1 is 1.15 bits per heavy atom. The van der Waals surface area contributed by atoms with Crippen LogP contribution in [0.15, 0.2) is 40.9 Å². The zero-order valence-electron chi connectivity index (χ0n) is 9.83. The molecule has 0 aromatic heterocycles. The monoisotopic (exact) mass is 303 g/mol. The molecule has 3 rings (SSSR count). The van der Waals surface area contributed by atoms with E-state index in [4.69, 9.17) is 4.84 Å². The first-order valence-electron chi connectivity index (χ1n) is 5.62. The fourth-order valence-corrected chi connectivity index (χ4v) is 3.73. The summed E-state index contributed by atoms with van der Waals surface area (Å²) in [5, 5.41) is 3.75. The van der Waals surface area contributed by atoms with Gasteiger partial charge in [0, 0.05) is 11.0 Å². The molecule has 4 nitrogen and oxygen atoms in total. The lowest BCUT2D eigenvalue weighted by Crippen LogP contribution is -2.31. The third kappa shape index (κ3) is 2.00. The van der Waals surface area contributed by atoms with Gasteiger partial charge in [-0.3, -0.25) is 0 Å². The minimum Gasteiger partial charge on any atom is -0.386 e. The number of sulfone groups is 1. The van der Waals surface area contributed by atoms with Crippen LogP contribution in [0.5, 0.6) is 0 Å². The summed E-state index contributed by atoms with van der Waals surface area (Å²) in [5.41, 5.74) is -0.365. The van der Waals surface area contributed by atoms with Gasteiger partial charge in [0.05, 0.1) is 5.56 Å². The molecule has 8 heteroatoms. The Morgan fingerprint density at radius 2 is 1.80 bits per heavy atom. The Hall–Kier alpha value is -1.83. The van der Waals surface area contributed by atoms with E-state index in [1.54, 1.807) is 0 Å². The molecule has 0 saturated heterocycles. The van der Waals surface area contributed by atoms with Crippen molar-refractivity contribution in [2.45, 2.75) is 17.5 Å². The molecule has 0 amide bonds. The van der Waals surface area contributed by atoms with E-state index in [0.29, 0.717) is 5.56 Å². The summed E-state index contributed by atoms with van der Waals surface area (Å²) in [6.45, 7) is 0. The molecule has 2 atom stereocenters. The summed E-state index contributed by atoms with van der Waals surface area (Å²) in [4.78, 5) is 4.98. The van der Waals surface area contributed by atoms with Crippen molar-refractivity contribution in [3.05, 3.63) is 46.9 Å². The zero-order chi connectivity index (χ0) is 14.5. The highest BCUT2D eigenvalue weighted by atomic mass is 32.2. The number of hydrogen-bond acceptors (Lipinski definition) is 4. The second-order valence-electron chi connectivity index (χ2n) is 4.46. The van der Waals surface area contributed by atoms with Gasteiger partial charge in [-0.25, -0.2) is 8.42 Å². The molecule has 0 N–H and O–H groups in total. The first kappa shape index (κ1) is 13.2. The maximum atomic E-state index is 12.5. The molecule has 0 spiro atoms. The number of halogens is 3. The highest BCUT2D eigenvalue weighted by Crippen LogP contribution is 2.32. The third-order valence-electron chi connectivity index (χ3n) is 3.16. The van der Waals surface area contributed by atoms with Crippen molar-refractivity contribution in [3.63, 3.8) is 0 Å². The van der Waals surface area contributed by atoms with Gasteiger partial charge in [0.25, 0.3) is 0 Å². The maximum absolute atomic E-state index is 12.5. The second-order valence-corrected chi connectivity index (χ2v) is 6.42. The SMILES string of the molecule is O=S1(=O)C=C[C@@H]2ON=C(c3ccc(C(F)(F)F)cc3)[C@H]21. The summed E-state index contributed by atoms with van der Waals surface area (Å²) in [6, 6.07) is 4.17. The summed E-state index contributed by atoms with van der Waals surface area (Å²) < 4.78 is 61.1. The lowest BCUT2D eigenvalue weighted by Gasteiger charge is -2.10. The molecular weight excluding hydrogens is 295 g/mol. The normalized spacial score (nSPS) is 27.1. The van der Waals surface area contributed by atoms with Crippen LogP contribution in [0.25, 0.3) is 0 Å². The molecule has 0 radical (unpaired) electrons. The Balaban J connectivity index is 1.95. The molecule has 2 aliphatic heterocycles. The third-order valence-corrected chi connectivity index (χ3v) is 4.90. The number of rotatable bonds is 1. The quantitative estimate of drug-likeness (QED) is 0.798. The smallest absolute Gasteiger partial charge is 0.386 e. The first-order valence-corrected chi connectivity index (χ1v) is 7.23. The number of fused-ring (bicyclic) bond motifs is 1. The van der Waals surface area contributed by atoms with Crippen LogP contribution >= 0.6 is 0 Å². The van der Waals surface area contributed by atoms with E-state index in [0.717, 1.165) is 17.5 Å². The van der Waals surface area contributed by atoms with Crippen LogP contribution < -0.4 is 0 Å². The van der Waals surface area contributed by atoms with Crippen molar-refractivity contribution in [3.8, 4) is 0 Å². The molecule has 1 aromatic rings. The van der Waals surface area contributed by atoms with Crippen molar-refractivity contribution >= 4 is 15.5 Å². The highest BCUT2D eigenvalue weighted by Gasteiger charge is 2.46. The van der Waals surface area contributed by atoms with Crippen LogP contribution in [0, 0.1) is 0 Å². The largest absolute Gasteiger partial charge is 0.416 e. The molecule has 1 aromatic carbocycles. The molecule has 106 valence electrons. The van der Waals surface area contributed by atoms with Crippen LogP contribution in [0.3, 0.4) is 0 Å². The van der Waals surface area contributed by atoms with E-state index in [-0.39, 0.29) is 5.71 Å². The lowest BCUT2D eigenvalue weighted by atomic mass is 10.0. The molecule has 0 unspecified atom stereocenters. The van der Waals surface area contributed by atoms with E-state index in [1.807, 2.05) is 0 Å². The maximum Gasteiger partial charge on any atom is 0.416 e. The first-order chi connectivity index (χ1) is 9.29.